The Morgan fingerprint density at radius 3 is 2.42 bits per heavy atom. The average molecular weight is 351 g/mol. The smallest absolute Gasteiger partial charge is 0.229 e. The Morgan fingerprint density at radius 2 is 1.77 bits per heavy atom. The van der Waals surface area contributed by atoms with Crippen LogP contribution in [0.4, 0.5) is 23.1 Å². The summed E-state index contributed by atoms with van der Waals surface area (Å²) >= 11 is 0. The second kappa shape index (κ2) is 8.01. The number of fused-ring (bicyclic) bond motifs is 1. The van der Waals surface area contributed by atoms with Crippen LogP contribution >= 0.6 is 0 Å². The van der Waals surface area contributed by atoms with Crippen LogP contribution in [0.1, 0.15) is 13.3 Å². The molecule has 136 valence electrons. The van der Waals surface area contributed by atoms with Crippen LogP contribution in [0.3, 0.4) is 0 Å². The molecule has 0 aliphatic carbocycles. The lowest BCUT2D eigenvalue weighted by atomic mass is 10.2. The first kappa shape index (κ1) is 17.9. The van der Waals surface area contributed by atoms with E-state index in [1.54, 1.807) is 0 Å². The number of hydrogen-bond donors (Lipinski definition) is 3. The van der Waals surface area contributed by atoms with Crippen molar-refractivity contribution < 1.29 is 5.11 Å². The maximum absolute atomic E-state index is 9.51. The lowest BCUT2D eigenvalue weighted by molar-refractivity contribution is 0.271. The Bertz CT molecular complexity index is 860. The molecule has 0 amide bonds. The van der Waals surface area contributed by atoms with Gasteiger partial charge in [-0.25, -0.2) is 4.98 Å². The molecule has 0 radical (unpaired) electrons. The quantitative estimate of drug-likeness (QED) is 0.604. The fraction of sp³-hybridized carbons (Fsp3) is 0.300. The predicted octanol–water partition coefficient (Wildman–Crippen LogP) is 3.62. The van der Waals surface area contributed by atoms with Crippen LogP contribution in [-0.2, 0) is 0 Å². The topological polar surface area (TPSA) is 73.3 Å². The zero-order valence-electron chi connectivity index (χ0n) is 15.4. The first-order chi connectivity index (χ1) is 12.6. The number of nitrogens with zero attached hydrogens (tertiary/aromatic N) is 3. The maximum atomic E-state index is 9.51. The third kappa shape index (κ3) is 4.03. The van der Waals surface area contributed by atoms with Crippen molar-refractivity contribution in [3.63, 3.8) is 0 Å². The highest BCUT2D eigenvalue weighted by Crippen LogP contribution is 2.25. The summed E-state index contributed by atoms with van der Waals surface area (Å²) in [6, 6.07) is 15.9. The maximum Gasteiger partial charge on any atom is 0.229 e. The van der Waals surface area contributed by atoms with Gasteiger partial charge in [0.05, 0.1) is 18.2 Å². The second-order valence-electron chi connectivity index (χ2n) is 6.41. The lowest BCUT2D eigenvalue weighted by Crippen LogP contribution is -2.23. The molecule has 6 heteroatoms. The molecule has 0 aliphatic rings. The molecule has 3 rings (SSSR count). The summed E-state index contributed by atoms with van der Waals surface area (Å²) in [5, 5.41) is 17.0. The van der Waals surface area contributed by atoms with Crippen molar-refractivity contribution in [2.45, 2.75) is 19.4 Å². The Morgan fingerprint density at radius 1 is 1.04 bits per heavy atom. The zero-order valence-corrected chi connectivity index (χ0v) is 15.4. The van der Waals surface area contributed by atoms with Gasteiger partial charge < -0.3 is 20.6 Å². The van der Waals surface area contributed by atoms with Crippen LogP contribution in [-0.4, -0.2) is 41.8 Å². The van der Waals surface area contributed by atoms with Gasteiger partial charge >= 0.3 is 0 Å². The van der Waals surface area contributed by atoms with Crippen LogP contribution in [0.25, 0.3) is 10.9 Å². The van der Waals surface area contributed by atoms with E-state index < -0.39 is 0 Å². The molecular formula is C20H25N5O. The molecule has 1 aromatic heterocycles. The number of hydrogen-bond acceptors (Lipinski definition) is 6. The normalized spacial score (nSPS) is 12.0. The van der Waals surface area contributed by atoms with Crippen molar-refractivity contribution >= 4 is 34.0 Å². The average Bonchev–Trinajstić information content (AvgIpc) is 2.66. The number of aliphatic hydroxyl groups excluding tert-OH is 1. The minimum atomic E-state index is -0.0412. The van der Waals surface area contributed by atoms with E-state index >= 15 is 0 Å². The summed E-state index contributed by atoms with van der Waals surface area (Å²) in [4.78, 5) is 11.3. The Labute approximate surface area is 153 Å². The number of rotatable bonds is 7. The molecule has 0 spiro atoms. The molecule has 0 fully saturated rings. The number of para-hydroxylation sites is 1. The van der Waals surface area contributed by atoms with Crippen LogP contribution < -0.4 is 15.5 Å². The van der Waals surface area contributed by atoms with Crippen LogP contribution in [0, 0.1) is 0 Å². The van der Waals surface area contributed by atoms with Crippen molar-refractivity contribution in [2.24, 2.45) is 0 Å². The molecule has 0 bridgehead atoms. The van der Waals surface area contributed by atoms with Crippen molar-refractivity contribution in [3.8, 4) is 0 Å². The molecule has 1 unspecified atom stereocenters. The first-order valence-corrected chi connectivity index (χ1v) is 8.79. The molecule has 3 N–H and O–H groups in total. The molecule has 0 saturated heterocycles. The Balaban J connectivity index is 1.93. The summed E-state index contributed by atoms with van der Waals surface area (Å²) in [6.45, 7) is 2.09. The van der Waals surface area contributed by atoms with E-state index in [1.165, 1.54) is 0 Å². The summed E-state index contributed by atoms with van der Waals surface area (Å²) in [6.07, 6.45) is 0.809. The number of anilines is 4. The third-order valence-corrected chi connectivity index (χ3v) is 4.30. The van der Waals surface area contributed by atoms with Gasteiger partial charge in [0.25, 0.3) is 0 Å². The molecule has 0 aliphatic heterocycles. The van der Waals surface area contributed by atoms with E-state index in [0.29, 0.717) is 5.95 Å². The fourth-order valence-electron chi connectivity index (χ4n) is 2.68. The molecule has 2 aromatic carbocycles. The zero-order chi connectivity index (χ0) is 18.5. The van der Waals surface area contributed by atoms with Crippen molar-refractivity contribution in [1.82, 2.24) is 9.97 Å². The van der Waals surface area contributed by atoms with Crippen molar-refractivity contribution in [1.29, 1.82) is 0 Å². The van der Waals surface area contributed by atoms with E-state index in [9.17, 15) is 5.11 Å². The number of aromatic nitrogens is 2. The highest BCUT2D eigenvalue weighted by molar-refractivity contribution is 5.90. The Kier molecular flexibility index (Phi) is 5.53. The minimum Gasteiger partial charge on any atom is -0.394 e. The van der Waals surface area contributed by atoms with Crippen LogP contribution in [0.2, 0.25) is 0 Å². The third-order valence-electron chi connectivity index (χ3n) is 4.30. The van der Waals surface area contributed by atoms with E-state index in [2.05, 4.69) is 25.5 Å². The predicted molar refractivity (Wildman–Crippen MR) is 108 cm³/mol. The minimum absolute atomic E-state index is 0.0412. The first-order valence-electron chi connectivity index (χ1n) is 8.79. The number of nitrogens with one attached hydrogen (secondary N) is 2. The van der Waals surface area contributed by atoms with Gasteiger partial charge in [0, 0.05) is 30.9 Å². The SMILES string of the molecule is CCC(CO)Nc1nc(Nc2ccc(N(C)C)cc2)nc2ccccc12. The highest BCUT2D eigenvalue weighted by Gasteiger charge is 2.11. The molecule has 1 atom stereocenters. The molecule has 6 nitrogen and oxygen atoms in total. The highest BCUT2D eigenvalue weighted by atomic mass is 16.3. The number of aliphatic hydroxyl groups is 1. The Hall–Kier alpha value is -2.86. The molecular weight excluding hydrogens is 326 g/mol. The van der Waals surface area contributed by atoms with E-state index in [4.69, 9.17) is 0 Å². The summed E-state index contributed by atoms with van der Waals surface area (Å²) in [5.74, 6) is 1.25. The van der Waals surface area contributed by atoms with Crippen molar-refractivity contribution in [2.75, 3.05) is 36.2 Å². The van der Waals surface area contributed by atoms with Gasteiger partial charge in [-0.3, -0.25) is 0 Å². The number of benzene rings is 2. The van der Waals surface area contributed by atoms with Gasteiger partial charge in [0.2, 0.25) is 5.95 Å². The standard InChI is InChI=1S/C20H25N5O/c1-4-14(13-26)21-19-17-7-5-6-8-18(17)23-20(24-19)22-15-9-11-16(12-10-15)25(2)3/h5-12,14,26H,4,13H2,1-3H3,(H2,21,22,23,24). The monoisotopic (exact) mass is 351 g/mol. The second-order valence-corrected chi connectivity index (χ2v) is 6.41. The van der Waals surface area contributed by atoms with Gasteiger partial charge in [0.15, 0.2) is 0 Å². The van der Waals surface area contributed by atoms with Crippen LogP contribution in [0.5, 0.6) is 0 Å². The fourth-order valence-corrected chi connectivity index (χ4v) is 2.68. The summed E-state index contributed by atoms with van der Waals surface area (Å²) in [7, 11) is 4.02. The molecule has 0 saturated carbocycles. The van der Waals surface area contributed by atoms with Crippen molar-refractivity contribution in [3.05, 3.63) is 48.5 Å². The molecule has 1 heterocycles. The summed E-state index contributed by atoms with van der Waals surface area (Å²) in [5.41, 5.74) is 2.90. The van der Waals surface area contributed by atoms with Crippen LogP contribution in [0.15, 0.2) is 48.5 Å². The lowest BCUT2D eigenvalue weighted by Gasteiger charge is -2.17. The molecule has 3 aromatic rings. The van der Waals surface area contributed by atoms with Gasteiger partial charge in [-0.15, -0.1) is 0 Å². The van der Waals surface area contributed by atoms with E-state index in [1.807, 2.05) is 69.6 Å². The van der Waals surface area contributed by atoms with E-state index in [0.717, 1.165) is 34.5 Å². The van der Waals surface area contributed by atoms with Gasteiger partial charge in [0.1, 0.15) is 5.82 Å². The molecule has 26 heavy (non-hydrogen) atoms. The van der Waals surface area contributed by atoms with Gasteiger partial charge in [-0.05, 0) is 42.8 Å². The summed E-state index contributed by atoms with van der Waals surface area (Å²) < 4.78 is 0. The van der Waals surface area contributed by atoms with Gasteiger partial charge in [-0.1, -0.05) is 19.1 Å². The van der Waals surface area contributed by atoms with Gasteiger partial charge in [-0.2, -0.15) is 4.98 Å². The largest absolute Gasteiger partial charge is 0.394 e. The van der Waals surface area contributed by atoms with E-state index in [-0.39, 0.29) is 12.6 Å².